The van der Waals surface area contributed by atoms with E-state index in [4.69, 9.17) is 16.3 Å². The van der Waals surface area contributed by atoms with Crippen LogP contribution in [0.15, 0.2) is 24.3 Å². The molecule has 0 fully saturated rings. The fraction of sp³-hybridized carbons (Fsp3) is 0.500. The van der Waals surface area contributed by atoms with E-state index in [9.17, 15) is 4.79 Å². The number of rotatable bonds is 7. The number of carbonyl (C=O) groups is 1. The molecule has 106 valence electrons. The largest absolute Gasteiger partial charge is 0.492 e. The summed E-state index contributed by atoms with van der Waals surface area (Å²) in [6.45, 7) is 5.81. The molecule has 0 bridgehead atoms. The molecule has 0 aromatic heterocycles. The monoisotopic (exact) mass is 284 g/mol. The van der Waals surface area contributed by atoms with Gasteiger partial charge >= 0.3 is 6.03 Å². The van der Waals surface area contributed by atoms with Crippen LogP contribution >= 0.6 is 11.6 Å². The fourth-order valence-corrected chi connectivity index (χ4v) is 1.61. The molecule has 0 aliphatic heterocycles. The Morgan fingerprint density at radius 2 is 2.05 bits per heavy atom. The Kier molecular flexibility index (Phi) is 7.11. The van der Waals surface area contributed by atoms with Crippen molar-refractivity contribution in [2.75, 3.05) is 19.7 Å². The molecule has 0 radical (unpaired) electrons. The van der Waals surface area contributed by atoms with Crippen LogP contribution < -0.4 is 15.4 Å². The van der Waals surface area contributed by atoms with Gasteiger partial charge in [0.25, 0.3) is 0 Å². The van der Waals surface area contributed by atoms with Crippen LogP contribution in [-0.2, 0) is 0 Å². The molecular weight excluding hydrogens is 264 g/mol. The summed E-state index contributed by atoms with van der Waals surface area (Å²) in [5.74, 6) is 1.29. The van der Waals surface area contributed by atoms with Gasteiger partial charge in [-0.3, -0.25) is 0 Å². The van der Waals surface area contributed by atoms with Gasteiger partial charge in [0.2, 0.25) is 0 Å². The number of halogens is 1. The van der Waals surface area contributed by atoms with Crippen molar-refractivity contribution in [2.45, 2.75) is 20.3 Å². The lowest BCUT2D eigenvalue weighted by Crippen LogP contribution is -2.38. The zero-order valence-corrected chi connectivity index (χ0v) is 12.2. The van der Waals surface area contributed by atoms with E-state index in [1.165, 1.54) is 0 Å². The van der Waals surface area contributed by atoms with E-state index >= 15 is 0 Å². The minimum Gasteiger partial charge on any atom is -0.492 e. The second-order valence-electron chi connectivity index (χ2n) is 4.67. The highest BCUT2D eigenvalue weighted by Crippen LogP contribution is 2.16. The molecule has 4 nitrogen and oxygen atoms in total. The van der Waals surface area contributed by atoms with Crippen LogP contribution in [0.2, 0.25) is 5.02 Å². The van der Waals surface area contributed by atoms with Crippen LogP contribution in [0.1, 0.15) is 20.3 Å². The van der Waals surface area contributed by atoms with Crippen molar-refractivity contribution in [3.63, 3.8) is 0 Å². The number of urea groups is 1. The smallest absolute Gasteiger partial charge is 0.314 e. The standard InChI is InChI=1S/C14H21ClN2O2/c1-11(2)6-7-16-14(18)17-8-9-19-13-5-3-4-12(15)10-13/h3-5,10-11H,6-9H2,1-2H3,(H2,16,17,18). The number of ether oxygens (including phenoxy) is 1. The Morgan fingerprint density at radius 1 is 1.32 bits per heavy atom. The Labute approximate surface area is 119 Å². The van der Waals surface area contributed by atoms with Crippen LogP contribution in [0.25, 0.3) is 0 Å². The molecule has 0 aliphatic carbocycles. The molecule has 0 spiro atoms. The summed E-state index contributed by atoms with van der Waals surface area (Å²) in [4.78, 5) is 11.4. The molecule has 2 N–H and O–H groups in total. The van der Waals surface area contributed by atoms with E-state index in [0.29, 0.717) is 36.4 Å². The maximum atomic E-state index is 11.4. The average Bonchev–Trinajstić information content (AvgIpc) is 2.34. The third-order valence-corrected chi connectivity index (χ3v) is 2.69. The molecule has 19 heavy (non-hydrogen) atoms. The highest BCUT2D eigenvalue weighted by molar-refractivity contribution is 6.30. The first kappa shape index (κ1) is 15.6. The Balaban J connectivity index is 2.08. The highest BCUT2D eigenvalue weighted by atomic mass is 35.5. The molecule has 2 amide bonds. The summed E-state index contributed by atoms with van der Waals surface area (Å²) in [5.41, 5.74) is 0. The van der Waals surface area contributed by atoms with Crippen molar-refractivity contribution in [1.29, 1.82) is 0 Å². The predicted octanol–water partition coefficient (Wildman–Crippen LogP) is 3.06. The minimum atomic E-state index is -0.157. The van der Waals surface area contributed by atoms with Gasteiger partial charge in [-0.05, 0) is 30.5 Å². The van der Waals surface area contributed by atoms with Gasteiger partial charge in [0.15, 0.2) is 0 Å². The van der Waals surface area contributed by atoms with E-state index in [1.54, 1.807) is 12.1 Å². The molecule has 0 heterocycles. The van der Waals surface area contributed by atoms with Gasteiger partial charge in [-0.15, -0.1) is 0 Å². The maximum Gasteiger partial charge on any atom is 0.314 e. The van der Waals surface area contributed by atoms with E-state index in [1.807, 2.05) is 12.1 Å². The van der Waals surface area contributed by atoms with Crippen LogP contribution in [0.3, 0.4) is 0 Å². The Hall–Kier alpha value is -1.42. The second kappa shape index (κ2) is 8.64. The molecular formula is C14H21ClN2O2. The summed E-state index contributed by atoms with van der Waals surface area (Å²) >= 11 is 5.83. The van der Waals surface area contributed by atoms with Crippen molar-refractivity contribution in [3.8, 4) is 5.75 Å². The first-order valence-corrected chi connectivity index (χ1v) is 6.86. The third kappa shape index (κ3) is 7.57. The Morgan fingerprint density at radius 3 is 2.74 bits per heavy atom. The van der Waals surface area contributed by atoms with Crippen molar-refractivity contribution >= 4 is 17.6 Å². The summed E-state index contributed by atoms with van der Waals surface area (Å²) < 4.78 is 5.45. The maximum absolute atomic E-state index is 11.4. The summed E-state index contributed by atoms with van der Waals surface area (Å²) in [5, 5.41) is 6.16. The molecule has 1 rings (SSSR count). The first-order valence-electron chi connectivity index (χ1n) is 6.48. The van der Waals surface area contributed by atoms with Crippen molar-refractivity contribution in [3.05, 3.63) is 29.3 Å². The highest BCUT2D eigenvalue weighted by Gasteiger charge is 2.00. The third-order valence-electron chi connectivity index (χ3n) is 2.46. The molecule has 1 aromatic carbocycles. The number of hydrogen-bond acceptors (Lipinski definition) is 2. The second-order valence-corrected chi connectivity index (χ2v) is 5.11. The lowest BCUT2D eigenvalue weighted by atomic mass is 10.1. The van der Waals surface area contributed by atoms with Gasteiger partial charge in [-0.25, -0.2) is 4.79 Å². The molecule has 0 aliphatic rings. The number of nitrogens with one attached hydrogen (secondary N) is 2. The molecule has 0 saturated heterocycles. The quantitative estimate of drug-likeness (QED) is 0.756. The normalized spacial score (nSPS) is 10.3. The topological polar surface area (TPSA) is 50.4 Å². The lowest BCUT2D eigenvalue weighted by Gasteiger charge is -2.10. The van der Waals surface area contributed by atoms with Gasteiger partial charge < -0.3 is 15.4 Å². The van der Waals surface area contributed by atoms with Crippen molar-refractivity contribution < 1.29 is 9.53 Å². The summed E-state index contributed by atoms with van der Waals surface area (Å²) in [6.07, 6.45) is 0.979. The zero-order chi connectivity index (χ0) is 14.1. The molecule has 1 aromatic rings. The van der Waals surface area contributed by atoms with E-state index in [2.05, 4.69) is 24.5 Å². The van der Waals surface area contributed by atoms with Crippen molar-refractivity contribution in [1.82, 2.24) is 10.6 Å². The molecule has 5 heteroatoms. The van der Waals surface area contributed by atoms with Gasteiger partial charge in [0.05, 0.1) is 6.54 Å². The SMILES string of the molecule is CC(C)CCNC(=O)NCCOc1cccc(Cl)c1. The summed E-state index contributed by atoms with van der Waals surface area (Å²) in [6, 6.07) is 7.02. The number of amides is 2. The van der Waals surface area contributed by atoms with Crippen LogP contribution in [0.4, 0.5) is 4.79 Å². The number of benzene rings is 1. The predicted molar refractivity (Wildman–Crippen MR) is 77.8 cm³/mol. The van der Waals surface area contributed by atoms with Gasteiger partial charge in [0.1, 0.15) is 12.4 Å². The van der Waals surface area contributed by atoms with Gasteiger partial charge in [-0.1, -0.05) is 31.5 Å². The van der Waals surface area contributed by atoms with E-state index in [-0.39, 0.29) is 6.03 Å². The van der Waals surface area contributed by atoms with E-state index in [0.717, 1.165) is 6.42 Å². The van der Waals surface area contributed by atoms with Gasteiger partial charge in [0, 0.05) is 11.6 Å². The molecule has 0 saturated carbocycles. The van der Waals surface area contributed by atoms with Crippen molar-refractivity contribution in [2.24, 2.45) is 5.92 Å². The fourth-order valence-electron chi connectivity index (χ4n) is 1.43. The Bertz CT molecular complexity index is 397. The summed E-state index contributed by atoms with van der Waals surface area (Å²) in [7, 11) is 0. The molecule has 0 atom stereocenters. The van der Waals surface area contributed by atoms with Crippen LogP contribution in [-0.4, -0.2) is 25.7 Å². The van der Waals surface area contributed by atoms with Gasteiger partial charge in [-0.2, -0.15) is 0 Å². The van der Waals surface area contributed by atoms with Crippen LogP contribution in [0.5, 0.6) is 5.75 Å². The number of carbonyl (C=O) groups excluding carboxylic acids is 1. The molecule has 0 unspecified atom stereocenters. The lowest BCUT2D eigenvalue weighted by molar-refractivity contribution is 0.236. The average molecular weight is 285 g/mol. The van der Waals surface area contributed by atoms with E-state index < -0.39 is 0 Å². The number of hydrogen-bond donors (Lipinski definition) is 2. The minimum absolute atomic E-state index is 0.157. The zero-order valence-electron chi connectivity index (χ0n) is 11.4. The van der Waals surface area contributed by atoms with Crippen LogP contribution in [0, 0.1) is 5.92 Å². The first-order chi connectivity index (χ1) is 9.08.